The average Bonchev–Trinajstić information content (AvgIpc) is 1.87. The van der Waals surface area contributed by atoms with Crippen molar-refractivity contribution in [2.75, 3.05) is 0 Å². The van der Waals surface area contributed by atoms with Crippen LogP contribution in [0.25, 0.3) is 0 Å². The molecule has 0 aromatic rings. The molecule has 5 heteroatoms. The summed E-state index contributed by atoms with van der Waals surface area (Å²) in [5, 5.41) is 25.6. The number of aliphatic carboxylic acids is 1. The Morgan fingerprint density at radius 2 is 2.09 bits per heavy atom. The van der Waals surface area contributed by atoms with E-state index in [9.17, 15) is 4.79 Å². The third-order valence-electron chi connectivity index (χ3n) is 1.55. The highest BCUT2D eigenvalue weighted by Crippen LogP contribution is 2.15. The smallest absolute Gasteiger partial charge is 0.466 e. The molecule has 0 rings (SSSR count). The Balaban J connectivity index is 3.80. The highest BCUT2D eigenvalue weighted by atomic mass is 16.4. The minimum Gasteiger partial charge on any atom is -0.481 e. The molecule has 0 aliphatic rings. The minimum absolute atomic E-state index is 0.323. The molecule has 4 nitrogen and oxygen atoms in total. The van der Waals surface area contributed by atoms with Crippen molar-refractivity contribution in [3.63, 3.8) is 0 Å². The summed E-state index contributed by atoms with van der Waals surface area (Å²) in [6.45, 7) is 1.92. The van der Waals surface area contributed by atoms with Gasteiger partial charge >= 0.3 is 13.1 Å². The van der Waals surface area contributed by atoms with Gasteiger partial charge < -0.3 is 15.2 Å². The zero-order valence-corrected chi connectivity index (χ0v) is 6.53. The van der Waals surface area contributed by atoms with Crippen LogP contribution in [0.15, 0.2) is 0 Å². The summed E-state index contributed by atoms with van der Waals surface area (Å²) in [6, 6.07) is 0. The fourth-order valence-electron chi connectivity index (χ4n) is 0.824. The lowest BCUT2D eigenvalue weighted by Crippen LogP contribution is -2.26. The van der Waals surface area contributed by atoms with E-state index < -0.39 is 18.9 Å². The lowest BCUT2D eigenvalue weighted by molar-refractivity contribution is -0.137. The maximum Gasteiger partial charge on any atom is 0.466 e. The minimum atomic E-state index is -1.74. The van der Waals surface area contributed by atoms with Crippen LogP contribution in [0.5, 0.6) is 0 Å². The average molecular weight is 160 g/mol. The summed E-state index contributed by atoms with van der Waals surface area (Å²) in [4.78, 5) is 10.3. The number of rotatable bonds is 5. The number of hydrogen-bond acceptors (Lipinski definition) is 3. The molecule has 0 aliphatic carbocycles. The molecule has 0 fully saturated rings. The van der Waals surface area contributed by atoms with E-state index in [0.717, 1.165) is 6.42 Å². The van der Waals surface area contributed by atoms with Gasteiger partial charge in [-0.1, -0.05) is 19.8 Å². The van der Waals surface area contributed by atoms with Gasteiger partial charge in [0.1, 0.15) is 0 Å². The van der Waals surface area contributed by atoms with Crippen molar-refractivity contribution in [2.45, 2.75) is 32.0 Å². The molecule has 1 unspecified atom stereocenters. The molecule has 11 heavy (non-hydrogen) atoms. The van der Waals surface area contributed by atoms with E-state index in [4.69, 9.17) is 15.2 Å². The summed E-state index contributed by atoms with van der Waals surface area (Å²) in [5.41, 5.74) is 0. The maximum absolute atomic E-state index is 10.3. The Hall–Kier alpha value is -0.545. The molecule has 1 atom stereocenters. The third-order valence-corrected chi connectivity index (χ3v) is 1.55. The zero-order valence-electron chi connectivity index (χ0n) is 6.53. The van der Waals surface area contributed by atoms with Crippen molar-refractivity contribution in [3.8, 4) is 0 Å². The Labute approximate surface area is 66.0 Å². The topological polar surface area (TPSA) is 77.8 Å². The zero-order chi connectivity index (χ0) is 8.85. The van der Waals surface area contributed by atoms with E-state index in [1.54, 1.807) is 0 Å². The molecule has 0 aromatic heterocycles. The summed E-state index contributed by atoms with van der Waals surface area (Å²) in [5.74, 6) is -2.18. The normalized spacial score (nSPS) is 12.6. The van der Waals surface area contributed by atoms with Crippen LogP contribution in [0.4, 0.5) is 0 Å². The SMILES string of the molecule is CCCCC(B(O)O)C(=O)O. The van der Waals surface area contributed by atoms with Gasteiger partial charge in [-0.2, -0.15) is 0 Å². The van der Waals surface area contributed by atoms with Crippen LogP contribution in [-0.2, 0) is 4.79 Å². The summed E-state index contributed by atoms with van der Waals surface area (Å²) < 4.78 is 0. The van der Waals surface area contributed by atoms with Crippen LogP contribution in [0.2, 0.25) is 5.82 Å². The Kier molecular flexibility index (Phi) is 4.90. The molecule has 0 aromatic carbocycles. The van der Waals surface area contributed by atoms with Gasteiger partial charge in [0.25, 0.3) is 0 Å². The summed E-state index contributed by atoms with van der Waals surface area (Å²) >= 11 is 0. The summed E-state index contributed by atoms with van der Waals surface area (Å²) in [6.07, 6.45) is 1.88. The largest absolute Gasteiger partial charge is 0.481 e. The molecule has 0 amide bonds. The highest BCUT2D eigenvalue weighted by Gasteiger charge is 2.29. The Bertz CT molecular complexity index is 126. The van der Waals surface area contributed by atoms with E-state index in [1.807, 2.05) is 6.92 Å². The molecule has 3 N–H and O–H groups in total. The van der Waals surface area contributed by atoms with Gasteiger partial charge in [-0.3, -0.25) is 4.79 Å². The molecule has 64 valence electrons. The fourth-order valence-corrected chi connectivity index (χ4v) is 0.824. The van der Waals surface area contributed by atoms with Crippen molar-refractivity contribution in [3.05, 3.63) is 0 Å². The fraction of sp³-hybridized carbons (Fsp3) is 0.833. The van der Waals surface area contributed by atoms with Gasteiger partial charge in [0, 0.05) is 0 Å². The van der Waals surface area contributed by atoms with Gasteiger partial charge in [0.05, 0.1) is 5.82 Å². The maximum atomic E-state index is 10.3. The summed E-state index contributed by atoms with van der Waals surface area (Å²) in [7, 11) is -1.74. The van der Waals surface area contributed by atoms with Crippen molar-refractivity contribution < 1.29 is 19.9 Å². The quantitative estimate of drug-likeness (QED) is 0.498. The second-order valence-electron chi connectivity index (χ2n) is 2.50. The van der Waals surface area contributed by atoms with E-state index >= 15 is 0 Å². The van der Waals surface area contributed by atoms with Crippen LogP contribution in [0, 0.1) is 0 Å². The molecular weight excluding hydrogens is 147 g/mol. The number of carbonyl (C=O) groups is 1. The number of hydrogen-bond donors (Lipinski definition) is 3. The first-order chi connectivity index (χ1) is 5.09. The standard InChI is InChI=1S/C6H13BO4/c1-2-3-4-5(6(8)9)7(10)11/h5,10-11H,2-4H2,1H3,(H,8,9). The third kappa shape index (κ3) is 4.00. The Morgan fingerprint density at radius 1 is 1.55 bits per heavy atom. The molecular formula is C6H13BO4. The predicted octanol–water partition coefficient (Wildman–Crippen LogP) is 0.104. The number of carboxylic acids is 1. The predicted molar refractivity (Wildman–Crippen MR) is 41.1 cm³/mol. The number of carboxylic acid groups (broad SMARTS) is 1. The first-order valence-electron chi connectivity index (χ1n) is 3.68. The van der Waals surface area contributed by atoms with Crippen molar-refractivity contribution in [1.82, 2.24) is 0 Å². The first-order valence-corrected chi connectivity index (χ1v) is 3.68. The van der Waals surface area contributed by atoms with Gasteiger partial charge in [0.15, 0.2) is 0 Å². The Morgan fingerprint density at radius 3 is 2.36 bits per heavy atom. The van der Waals surface area contributed by atoms with Crippen molar-refractivity contribution in [2.24, 2.45) is 0 Å². The van der Waals surface area contributed by atoms with E-state index in [0.29, 0.717) is 12.8 Å². The first kappa shape index (κ1) is 10.5. The van der Waals surface area contributed by atoms with Gasteiger partial charge in [0.2, 0.25) is 0 Å². The van der Waals surface area contributed by atoms with Crippen LogP contribution in [-0.4, -0.2) is 28.2 Å². The molecule has 0 spiro atoms. The molecule has 0 bridgehead atoms. The second kappa shape index (κ2) is 5.15. The van der Waals surface area contributed by atoms with E-state index in [-0.39, 0.29) is 0 Å². The van der Waals surface area contributed by atoms with Gasteiger partial charge in [-0.15, -0.1) is 0 Å². The van der Waals surface area contributed by atoms with E-state index in [1.165, 1.54) is 0 Å². The van der Waals surface area contributed by atoms with Crippen LogP contribution < -0.4 is 0 Å². The number of unbranched alkanes of at least 4 members (excludes halogenated alkanes) is 1. The molecule has 0 saturated carbocycles. The molecule has 0 heterocycles. The molecule has 0 aliphatic heterocycles. The second-order valence-corrected chi connectivity index (χ2v) is 2.50. The lowest BCUT2D eigenvalue weighted by atomic mass is 9.70. The van der Waals surface area contributed by atoms with E-state index in [2.05, 4.69) is 0 Å². The van der Waals surface area contributed by atoms with Gasteiger partial charge in [-0.05, 0) is 6.42 Å². The van der Waals surface area contributed by atoms with Crippen molar-refractivity contribution >= 4 is 13.1 Å². The van der Waals surface area contributed by atoms with Crippen LogP contribution in [0.1, 0.15) is 26.2 Å². The lowest BCUT2D eigenvalue weighted by Gasteiger charge is -2.08. The van der Waals surface area contributed by atoms with Crippen LogP contribution in [0.3, 0.4) is 0 Å². The van der Waals surface area contributed by atoms with Gasteiger partial charge in [-0.25, -0.2) is 0 Å². The monoisotopic (exact) mass is 160 g/mol. The highest BCUT2D eigenvalue weighted by molar-refractivity contribution is 6.48. The van der Waals surface area contributed by atoms with Crippen molar-refractivity contribution in [1.29, 1.82) is 0 Å². The molecule has 0 saturated heterocycles. The van der Waals surface area contributed by atoms with Crippen LogP contribution >= 0.6 is 0 Å². The molecule has 0 radical (unpaired) electrons.